The first-order valence-corrected chi connectivity index (χ1v) is 0.565. The van der Waals surface area contributed by atoms with E-state index in [1.54, 1.807) is 0 Å². The number of hydrogen-bond donors (Lipinski definition) is 2. The summed E-state index contributed by atoms with van der Waals surface area (Å²) in [4.78, 5) is 8.36. The molecule has 0 rings (SSSR count). The van der Waals surface area contributed by atoms with Crippen molar-refractivity contribution in [1.82, 2.24) is 6.15 Å². The Bertz CT molecular complexity index is 31.8. The van der Waals surface area contributed by atoms with Crippen molar-refractivity contribution in [2.24, 2.45) is 0 Å². The summed E-state index contributed by atoms with van der Waals surface area (Å²) in [5.41, 5.74) is 0. The van der Waals surface area contributed by atoms with Crippen LogP contribution in [0.15, 0.2) is 0 Å². The average Bonchev–Trinajstić information content (AvgIpc) is 0.811. The fourth-order valence-corrected chi connectivity index (χ4v) is 0. The monoisotopic (exact) mass is 119 g/mol. The minimum atomic E-state index is -1.50. The van der Waals surface area contributed by atoms with Crippen molar-refractivity contribution >= 4 is 51.4 Å². The molecule has 1 radical (unpaired) electrons. The van der Waals surface area contributed by atoms with Crippen LogP contribution in [-0.4, -0.2) is 61.7 Å². The summed E-state index contributed by atoms with van der Waals surface area (Å²) in [7, 11) is 0. The Morgan fingerprint density at radius 1 is 1.67 bits per heavy atom. The van der Waals surface area contributed by atoms with Crippen LogP contribution in [-0.2, 0) is 0 Å². The molecule has 6 heavy (non-hydrogen) atoms. The third kappa shape index (κ3) is 109. The number of rotatable bonds is 0. The van der Waals surface area contributed by atoms with Gasteiger partial charge in [0, 0.05) is 51.4 Å². The Morgan fingerprint density at radius 2 is 1.67 bits per heavy atom. The molecule has 5 nitrogen and oxygen atoms in total. The molecule has 0 saturated carbocycles. The third-order valence-electron chi connectivity index (χ3n) is 0. The standard InChI is InChI=1S/K.HNO3.H3N/c;2-1(3)4;/h;(H,2,3,4);1H3. The quantitative estimate of drug-likeness (QED) is 0.253. The fourth-order valence-electron chi connectivity index (χ4n) is 0. The van der Waals surface area contributed by atoms with Crippen molar-refractivity contribution in [3.05, 3.63) is 10.1 Å². The van der Waals surface area contributed by atoms with Crippen LogP contribution in [0.5, 0.6) is 0 Å². The van der Waals surface area contributed by atoms with Gasteiger partial charge in [0.25, 0.3) is 5.09 Å². The fraction of sp³-hybridized carbons (Fsp3) is 0. The molecule has 0 aromatic rings. The second-order valence-electron chi connectivity index (χ2n) is 0.238. The van der Waals surface area contributed by atoms with Gasteiger partial charge in [-0.3, -0.25) is 0 Å². The van der Waals surface area contributed by atoms with Gasteiger partial charge in [-0.15, -0.1) is 10.1 Å². The van der Waals surface area contributed by atoms with Crippen LogP contribution in [0.1, 0.15) is 0 Å². The zero-order valence-electron chi connectivity index (χ0n) is 3.42. The smallest absolute Gasteiger partial charge is 0.291 e. The Kier molecular flexibility index (Phi) is 24.4. The predicted molar refractivity (Wildman–Crippen MR) is 19.6 cm³/mol. The van der Waals surface area contributed by atoms with Crippen LogP contribution in [0.4, 0.5) is 0 Å². The Morgan fingerprint density at radius 3 is 1.67 bits per heavy atom. The maximum Gasteiger partial charge on any atom is 0.291 e. The molecule has 0 bridgehead atoms. The van der Waals surface area contributed by atoms with E-state index in [2.05, 4.69) is 0 Å². The molecule has 0 spiro atoms. The van der Waals surface area contributed by atoms with Crippen LogP contribution in [0.2, 0.25) is 0 Å². The minimum Gasteiger partial charge on any atom is -0.344 e. The number of nitrogens with zero attached hydrogens (tertiary/aromatic N) is 1. The van der Waals surface area contributed by atoms with Gasteiger partial charge in [0.05, 0.1) is 0 Å². The van der Waals surface area contributed by atoms with Gasteiger partial charge in [-0.1, -0.05) is 0 Å². The molecule has 33 valence electrons. The average molecular weight is 119 g/mol. The summed E-state index contributed by atoms with van der Waals surface area (Å²) < 4.78 is 0. The van der Waals surface area contributed by atoms with Crippen molar-refractivity contribution in [3.63, 3.8) is 0 Å². The van der Waals surface area contributed by atoms with Crippen molar-refractivity contribution in [3.8, 4) is 0 Å². The second-order valence-corrected chi connectivity index (χ2v) is 0.238. The van der Waals surface area contributed by atoms with Gasteiger partial charge in [0.2, 0.25) is 0 Å². The Balaban J connectivity index is -0.0000000450. The van der Waals surface area contributed by atoms with Gasteiger partial charge >= 0.3 is 0 Å². The van der Waals surface area contributed by atoms with Crippen molar-refractivity contribution in [1.29, 1.82) is 0 Å². The predicted octanol–water partition coefficient (Wildman–Crippen LogP) is -0.567. The van der Waals surface area contributed by atoms with E-state index in [9.17, 15) is 0 Å². The van der Waals surface area contributed by atoms with E-state index >= 15 is 0 Å². The summed E-state index contributed by atoms with van der Waals surface area (Å²) in [5, 5.41) is 13.6. The Labute approximate surface area is 76.8 Å². The van der Waals surface area contributed by atoms with Gasteiger partial charge in [-0.05, 0) is 0 Å². The molecule has 6 heteroatoms. The maximum absolute atomic E-state index is 8.36. The first-order valence-electron chi connectivity index (χ1n) is 0.565. The van der Waals surface area contributed by atoms with E-state index in [-0.39, 0.29) is 57.5 Å². The zero-order valence-corrected chi connectivity index (χ0v) is 6.54. The van der Waals surface area contributed by atoms with E-state index in [1.165, 1.54) is 0 Å². The molecular weight excluding hydrogens is 115 g/mol. The van der Waals surface area contributed by atoms with Gasteiger partial charge in [0.15, 0.2) is 0 Å². The van der Waals surface area contributed by atoms with Gasteiger partial charge < -0.3 is 11.4 Å². The summed E-state index contributed by atoms with van der Waals surface area (Å²) in [6, 6.07) is 0. The molecule has 0 aromatic heterocycles. The molecule has 0 aliphatic rings. The molecule has 0 aromatic carbocycles. The van der Waals surface area contributed by atoms with Crippen molar-refractivity contribution in [2.45, 2.75) is 0 Å². The molecule has 0 heterocycles. The van der Waals surface area contributed by atoms with Crippen LogP contribution in [0, 0.1) is 10.1 Å². The Hall–Kier alpha value is 0.796. The minimum absolute atomic E-state index is 0. The van der Waals surface area contributed by atoms with E-state index in [0.717, 1.165) is 0 Å². The molecular formula is H4KN2O3. The summed E-state index contributed by atoms with van der Waals surface area (Å²) in [6.07, 6.45) is 0. The summed E-state index contributed by atoms with van der Waals surface area (Å²) in [6.45, 7) is 0. The molecule has 0 atom stereocenters. The van der Waals surface area contributed by atoms with E-state index in [4.69, 9.17) is 15.3 Å². The normalized spacial score (nSPS) is 4.00. The second kappa shape index (κ2) is 9.25. The van der Waals surface area contributed by atoms with Crippen LogP contribution in [0.25, 0.3) is 0 Å². The molecule has 0 amide bonds. The van der Waals surface area contributed by atoms with Crippen LogP contribution in [0.3, 0.4) is 0 Å². The largest absolute Gasteiger partial charge is 0.344 e. The molecule has 0 unspecified atom stereocenters. The molecule has 0 fully saturated rings. The third-order valence-corrected chi connectivity index (χ3v) is 0. The topological polar surface area (TPSA) is 98.4 Å². The maximum atomic E-state index is 8.36. The first-order chi connectivity index (χ1) is 1.73. The zero-order chi connectivity index (χ0) is 3.58. The first kappa shape index (κ1) is 15.8. The van der Waals surface area contributed by atoms with Crippen LogP contribution < -0.4 is 6.15 Å². The molecule has 0 aliphatic carbocycles. The molecule has 4 N–H and O–H groups in total. The molecule has 0 saturated heterocycles. The van der Waals surface area contributed by atoms with Gasteiger partial charge in [-0.25, -0.2) is 0 Å². The summed E-state index contributed by atoms with van der Waals surface area (Å²) in [5.74, 6) is 0. The van der Waals surface area contributed by atoms with Gasteiger partial charge in [-0.2, -0.15) is 0 Å². The van der Waals surface area contributed by atoms with E-state index < -0.39 is 5.09 Å². The van der Waals surface area contributed by atoms with Gasteiger partial charge in [0.1, 0.15) is 0 Å². The van der Waals surface area contributed by atoms with E-state index in [0.29, 0.717) is 0 Å². The SMILES string of the molecule is N.O=[N+]([O-])O.[K]. The summed E-state index contributed by atoms with van der Waals surface area (Å²) >= 11 is 0. The van der Waals surface area contributed by atoms with Crippen LogP contribution >= 0.6 is 0 Å². The van der Waals surface area contributed by atoms with Crippen molar-refractivity contribution in [2.75, 3.05) is 0 Å². The number of hydrogen-bond acceptors (Lipinski definition) is 3. The van der Waals surface area contributed by atoms with E-state index in [1.807, 2.05) is 0 Å². The molecule has 0 aliphatic heterocycles. The van der Waals surface area contributed by atoms with Crippen molar-refractivity contribution < 1.29 is 10.3 Å².